The van der Waals surface area contributed by atoms with E-state index in [1.54, 1.807) is 12.1 Å². The second-order valence-electron chi connectivity index (χ2n) is 7.39. The first kappa shape index (κ1) is 23.5. The molecule has 1 atom stereocenters. The van der Waals surface area contributed by atoms with Gasteiger partial charge >= 0.3 is 0 Å². The van der Waals surface area contributed by atoms with Crippen LogP contribution < -0.4 is 19.1 Å². The molecule has 2 aromatic rings. The number of aryl methyl sites for hydroxylation is 3. The zero-order valence-electron chi connectivity index (χ0n) is 18.6. The van der Waals surface area contributed by atoms with Gasteiger partial charge in [-0.05, 0) is 62.1 Å². The number of anilines is 1. The maximum Gasteiger partial charge on any atom is 0.241 e. The Bertz CT molecular complexity index is 1030. The van der Waals surface area contributed by atoms with Gasteiger partial charge in [-0.1, -0.05) is 12.1 Å². The Morgan fingerprint density at radius 2 is 1.60 bits per heavy atom. The Labute approximate surface area is 179 Å². The number of carbonyl (C=O) groups is 1. The number of amides is 1. The van der Waals surface area contributed by atoms with Gasteiger partial charge in [0.15, 0.2) is 11.5 Å². The van der Waals surface area contributed by atoms with Gasteiger partial charge in [-0.2, -0.15) is 0 Å². The minimum absolute atomic E-state index is 0.261. The number of nitrogens with zero attached hydrogens (tertiary/aromatic N) is 1. The van der Waals surface area contributed by atoms with Gasteiger partial charge in [-0.3, -0.25) is 9.10 Å². The van der Waals surface area contributed by atoms with E-state index in [1.807, 2.05) is 27.7 Å². The number of nitrogens with one attached hydrogen (secondary N) is 1. The lowest BCUT2D eigenvalue weighted by Gasteiger charge is -2.24. The van der Waals surface area contributed by atoms with Crippen LogP contribution in [0.1, 0.15) is 35.2 Å². The first-order valence-corrected chi connectivity index (χ1v) is 11.4. The average molecular weight is 435 g/mol. The number of sulfonamides is 1. The summed E-state index contributed by atoms with van der Waals surface area (Å²) in [6, 6.07) is 8.59. The Hall–Kier alpha value is -2.74. The third-order valence-electron chi connectivity index (χ3n) is 5.07. The highest BCUT2D eigenvalue weighted by Crippen LogP contribution is 2.32. The molecule has 0 radical (unpaired) electrons. The summed E-state index contributed by atoms with van der Waals surface area (Å²) in [5.74, 6) is 0.446. The van der Waals surface area contributed by atoms with Gasteiger partial charge < -0.3 is 14.8 Å². The van der Waals surface area contributed by atoms with Gasteiger partial charge in [0.05, 0.1) is 32.2 Å². The van der Waals surface area contributed by atoms with Crippen molar-refractivity contribution in [2.24, 2.45) is 0 Å². The van der Waals surface area contributed by atoms with E-state index in [2.05, 4.69) is 17.4 Å². The summed E-state index contributed by atoms with van der Waals surface area (Å²) in [4.78, 5) is 12.7. The van der Waals surface area contributed by atoms with Crippen molar-refractivity contribution in [1.82, 2.24) is 5.32 Å². The van der Waals surface area contributed by atoms with Crippen LogP contribution in [-0.4, -0.2) is 41.3 Å². The molecule has 2 rings (SSSR count). The molecule has 0 unspecified atom stereocenters. The third-order valence-corrected chi connectivity index (χ3v) is 6.21. The van der Waals surface area contributed by atoms with E-state index in [4.69, 9.17) is 9.47 Å². The summed E-state index contributed by atoms with van der Waals surface area (Å²) in [5, 5.41) is 2.91. The van der Waals surface area contributed by atoms with E-state index in [0.29, 0.717) is 17.2 Å². The fraction of sp³-hybridized carbons (Fsp3) is 0.409. The maximum atomic E-state index is 12.7. The highest BCUT2D eigenvalue weighted by molar-refractivity contribution is 7.92. The molecule has 0 aromatic heterocycles. The summed E-state index contributed by atoms with van der Waals surface area (Å²) in [5.41, 5.74) is 4.72. The van der Waals surface area contributed by atoms with Crippen molar-refractivity contribution < 1.29 is 22.7 Å². The predicted molar refractivity (Wildman–Crippen MR) is 119 cm³/mol. The molecule has 164 valence electrons. The minimum atomic E-state index is -3.70. The molecule has 2 aromatic carbocycles. The second kappa shape index (κ2) is 9.38. The number of hydrogen-bond acceptors (Lipinski definition) is 5. The van der Waals surface area contributed by atoms with Crippen molar-refractivity contribution in [1.29, 1.82) is 0 Å². The van der Waals surface area contributed by atoms with Crippen LogP contribution in [0.3, 0.4) is 0 Å². The van der Waals surface area contributed by atoms with E-state index in [1.165, 1.54) is 25.8 Å². The molecule has 0 heterocycles. The van der Waals surface area contributed by atoms with Gasteiger partial charge in [-0.25, -0.2) is 8.42 Å². The summed E-state index contributed by atoms with van der Waals surface area (Å²) in [6.45, 7) is 7.60. The quantitative estimate of drug-likeness (QED) is 0.689. The van der Waals surface area contributed by atoms with E-state index >= 15 is 0 Å². The van der Waals surface area contributed by atoms with E-state index in [-0.39, 0.29) is 12.6 Å². The lowest BCUT2D eigenvalue weighted by Crippen LogP contribution is -2.41. The number of ether oxygens (including phenoxy) is 2. The monoisotopic (exact) mass is 434 g/mol. The van der Waals surface area contributed by atoms with Gasteiger partial charge in [-0.15, -0.1) is 0 Å². The molecule has 0 saturated heterocycles. The van der Waals surface area contributed by atoms with Crippen LogP contribution >= 0.6 is 0 Å². The van der Waals surface area contributed by atoms with Crippen LogP contribution in [-0.2, 0) is 14.8 Å². The predicted octanol–water partition coefficient (Wildman–Crippen LogP) is 3.27. The summed E-state index contributed by atoms with van der Waals surface area (Å²) in [7, 11) is -0.742. The molecule has 30 heavy (non-hydrogen) atoms. The first-order chi connectivity index (χ1) is 14.0. The topological polar surface area (TPSA) is 84.9 Å². The lowest BCUT2D eigenvalue weighted by molar-refractivity contribution is -0.120. The van der Waals surface area contributed by atoms with E-state index < -0.39 is 15.9 Å². The first-order valence-electron chi connectivity index (χ1n) is 9.54. The van der Waals surface area contributed by atoms with Gasteiger partial charge in [0, 0.05) is 6.07 Å². The SMILES string of the molecule is COc1ccc(N(CC(=O)N[C@@H](C)c2cc(C)c(C)cc2C)S(C)(=O)=O)cc1OC. The van der Waals surface area contributed by atoms with Crippen molar-refractivity contribution in [2.45, 2.75) is 33.7 Å². The molecule has 0 aliphatic rings. The number of rotatable bonds is 8. The van der Waals surface area contributed by atoms with E-state index in [0.717, 1.165) is 27.3 Å². The smallest absolute Gasteiger partial charge is 0.241 e. The summed E-state index contributed by atoms with van der Waals surface area (Å²) >= 11 is 0. The number of methoxy groups -OCH3 is 2. The molecule has 0 aliphatic heterocycles. The molecule has 8 heteroatoms. The van der Waals surface area contributed by atoms with Crippen molar-refractivity contribution in [3.63, 3.8) is 0 Å². The van der Waals surface area contributed by atoms with Crippen molar-refractivity contribution in [3.05, 3.63) is 52.6 Å². The van der Waals surface area contributed by atoms with Crippen LogP contribution in [0.15, 0.2) is 30.3 Å². The number of benzene rings is 2. The van der Waals surface area contributed by atoms with Crippen LogP contribution in [0.4, 0.5) is 5.69 Å². The van der Waals surface area contributed by atoms with Crippen LogP contribution in [0.5, 0.6) is 11.5 Å². The number of hydrogen-bond donors (Lipinski definition) is 1. The van der Waals surface area contributed by atoms with Gasteiger partial charge in [0.1, 0.15) is 6.54 Å². The second-order valence-corrected chi connectivity index (χ2v) is 9.30. The highest BCUT2D eigenvalue weighted by atomic mass is 32.2. The maximum absolute atomic E-state index is 12.7. The van der Waals surface area contributed by atoms with Crippen LogP contribution in [0.25, 0.3) is 0 Å². The molecule has 0 spiro atoms. The average Bonchev–Trinajstić information content (AvgIpc) is 2.67. The third kappa shape index (κ3) is 5.44. The van der Waals surface area contributed by atoms with Crippen molar-refractivity contribution in [3.8, 4) is 11.5 Å². The largest absolute Gasteiger partial charge is 0.493 e. The van der Waals surface area contributed by atoms with Crippen LogP contribution in [0, 0.1) is 20.8 Å². The van der Waals surface area contributed by atoms with Gasteiger partial charge in [0.25, 0.3) is 0 Å². The Morgan fingerprint density at radius 3 is 2.17 bits per heavy atom. The molecule has 0 fully saturated rings. The fourth-order valence-electron chi connectivity index (χ4n) is 3.32. The Balaban J connectivity index is 2.26. The van der Waals surface area contributed by atoms with E-state index in [9.17, 15) is 13.2 Å². The number of carbonyl (C=O) groups excluding carboxylic acids is 1. The molecular formula is C22H30N2O5S. The highest BCUT2D eigenvalue weighted by Gasteiger charge is 2.23. The molecular weight excluding hydrogens is 404 g/mol. The normalized spacial score (nSPS) is 12.2. The molecule has 7 nitrogen and oxygen atoms in total. The summed E-state index contributed by atoms with van der Waals surface area (Å²) in [6.07, 6.45) is 1.06. The van der Waals surface area contributed by atoms with Crippen LogP contribution in [0.2, 0.25) is 0 Å². The molecule has 0 bridgehead atoms. The van der Waals surface area contributed by atoms with Crippen molar-refractivity contribution in [2.75, 3.05) is 31.3 Å². The Kier molecular flexibility index (Phi) is 7.36. The minimum Gasteiger partial charge on any atom is -0.493 e. The summed E-state index contributed by atoms with van der Waals surface area (Å²) < 4.78 is 36.3. The molecule has 1 amide bonds. The zero-order chi connectivity index (χ0) is 22.6. The molecule has 0 aliphatic carbocycles. The lowest BCUT2D eigenvalue weighted by atomic mass is 9.96. The molecule has 1 N–H and O–H groups in total. The molecule has 0 saturated carbocycles. The zero-order valence-corrected chi connectivity index (χ0v) is 19.4. The standard InChI is InChI=1S/C22H30N2O5S/c1-14-10-16(3)19(11-15(14)2)17(4)23-22(25)13-24(30(7,26)27)18-8-9-20(28-5)21(12-18)29-6/h8-12,17H,13H2,1-7H3,(H,23,25)/t17-/m0/s1. The Morgan fingerprint density at radius 1 is 1.00 bits per heavy atom. The van der Waals surface area contributed by atoms with Gasteiger partial charge in [0.2, 0.25) is 15.9 Å². The van der Waals surface area contributed by atoms with Crippen molar-refractivity contribution >= 4 is 21.6 Å². The fourth-order valence-corrected chi connectivity index (χ4v) is 4.17.